The minimum Gasteiger partial charge on any atom is -0.301 e. The zero-order chi connectivity index (χ0) is 20.9. The Kier molecular flexibility index (Phi) is 6.15. The molecular weight excluding hydrogens is 382 g/mol. The second-order valence-electron chi connectivity index (χ2n) is 7.32. The summed E-state index contributed by atoms with van der Waals surface area (Å²) in [5.74, 6) is 0. The van der Waals surface area contributed by atoms with Gasteiger partial charge in [0.25, 0.3) is 0 Å². The third kappa shape index (κ3) is 3.96. The van der Waals surface area contributed by atoms with Crippen LogP contribution in [0.2, 0.25) is 0 Å². The molecule has 1 heterocycles. The molecule has 3 aromatic carbocycles. The number of anilines is 3. The van der Waals surface area contributed by atoms with E-state index in [-0.39, 0.29) is 0 Å². The van der Waals surface area contributed by atoms with Crippen LogP contribution < -0.4 is 14.7 Å². The van der Waals surface area contributed by atoms with E-state index in [0.717, 1.165) is 24.1 Å². The van der Waals surface area contributed by atoms with Gasteiger partial charge in [0, 0.05) is 15.6 Å². The summed E-state index contributed by atoms with van der Waals surface area (Å²) in [5.41, 5.74) is 3.48. The highest BCUT2D eigenvalue weighted by Gasteiger charge is 2.16. The molecule has 0 aliphatic rings. The Morgan fingerprint density at radius 3 is 2.47 bits per heavy atom. The van der Waals surface area contributed by atoms with Gasteiger partial charge in [0.05, 0.1) is 5.69 Å². The fourth-order valence-electron chi connectivity index (χ4n) is 3.72. The van der Waals surface area contributed by atoms with Crippen LogP contribution in [-0.2, 0) is 0 Å². The standard InChI is InChI=1S/C28H27NS/c1-4-7-15-27-22(6-3)20-28(30-27)29(24-18-16-21(5-2)17-19-24)26-14-10-12-23-11-8-9-13-25(23)26/h5-6,8-20H,2,4,7H2,1,3H3/b22-6+,27-15-. The minimum absolute atomic E-state index is 1.10. The van der Waals surface area contributed by atoms with E-state index in [1.165, 1.54) is 31.2 Å². The summed E-state index contributed by atoms with van der Waals surface area (Å²) in [4.78, 5) is 2.39. The van der Waals surface area contributed by atoms with E-state index in [4.69, 9.17) is 0 Å². The van der Waals surface area contributed by atoms with Crippen molar-refractivity contribution in [3.05, 3.63) is 94.7 Å². The van der Waals surface area contributed by atoms with Crippen molar-refractivity contribution >= 4 is 56.7 Å². The number of thiophene rings is 1. The number of rotatable bonds is 6. The van der Waals surface area contributed by atoms with Crippen molar-refractivity contribution < 1.29 is 0 Å². The van der Waals surface area contributed by atoms with Crippen molar-refractivity contribution in [1.82, 2.24) is 0 Å². The van der Waals surface area contributed by atoms with Crippen LogP contribution in [0.4, 0.5) is 16.4 Å². The van der Waals surface area contributed by atoms with Gasteiger partial charge in [0.2, 0.25) is 0 Å². The Balaban J connectivity index is 1.97. The molecule has 2 heteroatoms. The zero-order valence-corrected chi connectivity index (χ0v) is 18.5. The fraction of sp³-hybridized carbons (Fsp3) is 0.143. The van der Waals surface area contributed by atoms with Gasteiger partial charge in [-0.25, -0.2) is 0 Å². The predicted molar refractivity (Wildman–Crippen MR) is 135 cm³/mol. The van der Waals surface area contributed by atoms with Gasteiger partial charge in [-0.1, -0.05) is 86.7 Å². The molecule has 1 aromatic heterocycles. The van der Waals surface area contributed by atoms with Crippen LogP contribution in [0, 0.1) is 0 Å². The second kappa shape index (κ2) is 9.15. The molecule has 4 aromatic rings. The summed E-state index contributed by atoms with van der Waals surface area (Å²) in [7, 11) is 0. The van der Waals surface area contributed by atoms with Crippen molar-refractivity contribution in [3.63, 3.8) is 0 Å². The number of benzene rings is 3. The molecule has 30 heavy (non-hydrogen) atoms. The first-order chi connectivity index (χ1) is 14.7. The van der Waals surface area contributed by atoms with Crippen molar-refractivity contribution in [2.75, 3.05) is 4.90 Å². The fourth-order valence-corrected chi connectivity index (χ4v) is 4.93. The lowest BCUT2D eigenvalue weighted by Crippen LogP contribution is -2.16. The molecular formula is C28H27NS. The maximum absolute atomic E-state index is 3.90. The first kappa shape index (κ1) is 20.2. The molecule has 0 unspecified atom stereocenters. The summed E-state index contributed by atoms with van der Waals surface area (Å²) in [6, 6.07) is 26.1. The van der Waals surface area contributed by atoms with Gasteiger partial charge in [-0.2, -0.15) is 0 Å². The number of hydrogen-bond donors (Lipinski definition) is 0. The van der Waals surface area contributed by atoms with Crippen molar-refractivity contribution in [1.29, 1.82) is 0 Å². The lowest BCUT2D eigenvalue weighted by atomic mass is 10.1. The number of fused-ring (bicyclic) bond motifs is 1. The maximum Gasteiger partial charge on any atom is 0.101 e. The van der Waals surface area contributed by atoms with E-state index in [1.54, 1.807) is 0 Å². The quantitative estimate of drug-likeness (QED) is 0.321. The largest absolute Gasteiger partial charge is 0.301 e. The van der Waals surface area contributed by atoms with Gasteiger partial charge in [-0.3, -0.25) is 0 Å². The molecule has 0 atom stereocenters. The highest BCUT2D eigenvalue weighted by molar-refractivity contribution is 7.14. The monoisotopic (exact) mass is 409 g/mol. The maximum atomic E-state index is 3.90. The average molecular weight is 410 g/mol. The molecule has 1 nitrogen and oxygen atoms in total. The lowest BCUT2D eigenvalue weighted by molar-refractivity contribution is 0.993. The normalized spacial score (nSPS) is 12.5. The average Bonchev–Trinajstić information content (AvgIpc) is 3.21. The topological polar surface area (TPSA) is 3.24 Å². The van der Waals surface area contributed by atoms with Crippen molar-refractivity contribution in [2.45, 2.75) is 26.7 Å². The molecule has 0 spiro atoms. The third-order valence-electron chi connectivity index (χ3n) is 5.32. The van der Waals surface area contributed by atoms with Gasteiger partial charge >= 0.3 is 0 Å². The highest BCUT2D eigenvalue weighted by Crippen LogP contribution is 2.39. The Hall–Kier alpha value is -3.10. The van der Waals surface area contributed by atoms with E-state index in [9.17, 15) is 0 Å². The molecule has 4 rings (SSSR count). The van der Waals surface area contributed by atoms with Gasteiger partial charge < -0.3 is 4.90 Å². The Labute approximate surface area is 182 Å². The van der Waals surface area contributed by atoms with E-state index in [0.29, 0.717) is 0 Å². The molecule has 150 valence electrons. The van der Waals surface area contributed by atoms with E-state index >= 15 is 0 Å². The van der Waals surface area contributed by atoms with E-state index < -0.39 is 0 Å². The van der Waals surface area contributed by atoms with Crippen LogP contribution in [0.15, 0.2) is 79.4 Å². The molecule has 0 bridgehead atoms. The van der Waals surface area contributed by atoms with Crippen LogP contribution in [0.3, 0.4) is 0 Å². The molecule has 0 saturated heterocycles. The van der Waals surface area contributed by atoms with Gasteiger partial charge in [-0.05, 0) is 53.8 Å². The van der Waals surface area contributed by atoms with Gasteiger partial charge in [0.15, 0.2) is 0 Å². The van der Waals surface area contributed by atoms with Crippen LogP contribution in [-0.4, -0.2) is 0 Å². The van der Waals surface area contributed by atoms with E-state index in [1.807, 2.05) is 17.4 Å². The van der Waals surface area contributed by atoms with Crippen LogP contribution in [0.25, 0.3) is 29.0 Å². The first-order valence-corrected chi connectivity index (χ1v) is 11.3. The summed E-state index contributed by atoms with van der Waals surface area (Å²) in [6.07, 6.45) is 8.73. The molecule has 0 aliphatic heterocycles. The molecule has 0 N–H and O–H groups in total. The lowest BCUT2D eigenvalue weighted by Gasteiger charge is -2.25. The number of nitrogens with zero attached hydrogens (tertiary/aromatic N) is 1. The van der Waals surface area contributed by atoms with Crippen molar-refractivity contribution in [3.8, 4) is 0 Å². The SMILES string of the molecule is C=Cc1ccc(N(c2cc(=C\C)/c(=C/CCC)s2)c2cccc3ccccc23)cc1. The Morgan fingerprint density at radius 2 is 1.73 bits per heavy atom. The smallest absolute Gasteiger partial charge is 0.101 e. The second-order valence-corrected chi connectivity index (χ2v) is 8.38. The van der Waals surface area contributed by atoms with Crippen LogP contribution in [0.5, 0.6) is 0 Å². The van der Waals surface area contributed by atoms with Crippen molar-refractivity contribution in [2.24, 2.45) is 0 Å². The van der Waals surface area contributed by atoms with Gasteiger partial charge in [0.1, 0.15) is 5.00 Å². The van der Waals surface area contributed by atoms with Crippen LogP contribution >= 0.6 is 11.3 Å². The Morgan fingerprint density at radius 1 is 0.967 bits per heavy atom. The summed E-state index contributed by atoms with van der Waals surface area (Å²) in [6.45, 7) is 8.24. The molecule has 0 radical (unpaired) electrons. The molecule has 0 aliphatic carbocycles. The number of unbranched alkanes of at least 4 members (excludes halogenated alkanes) is 1. The Bertz CT molecular complexity index is 1270. The van der Waals surface area contributed by atoms with Gasteiger partial charge in [-0.15, -0.1) is 11.3 Å². The predicted octanol–water partition coefficient (Wildman–Crippen LogP) is 7.40. The highest BCUT2D eigenvalue weighted by atomic mass is 32.1. The van der Waals surface area contributed by atoms with E-state index in [2.05, 4.69) is 110 Å². The molecule has 0 fully saturated rings. The first-order valence-electron chi connectivity index (χ1n) is 10.5. The summed E-state index contributed by atoms with van der Waals surface area (Å²) < 4.78 is 1.35. The molecule has 0 saturated carbocycles. The minimum atomic E-state index is 1.10. The summed E-state index contributed by atoms with van der Waals surface area (Å²) in [5, 5.41) is 5.03. The molecule has 0 amide bonds. The third-order valence-corrected chi connectivity index (χ3v) is 6.45. The number of hydrogen-bond acceptors (Lipinski definition) is 2. The van der Waals surface area contributed by atoms with Crippen LogP contribution in [0.1, 0.15) is 32.3 Å². The summed E-state index contributed by atoms with van der Waals surface area (Å²) >= 11 is 1.86. The zero-order valence-electron chi connectivity index (χ0n) is 17.6.